The first kappa shape index (κ1) is 15.2. The highest BCUT2D eigenvalue weighted by molar-refractivity contribution is 7.86. The molecule has 0 aliphatic carbocycles. The van der Waals surface area contributed by atoms with Crippen LogP contribution in [0.5, 0.6) is 0 Å². The predicted octanol–water partition coefficient (Wildman–Crippen LogP) is 1.36. The molecule has 6 nitrogen and oxygen atoms in total. The summed E-state index contributed by atoms with van der Waals surface area (Å²) in [7, 11) is -3.49. The summed E-state index contributed by atoms with van der Waals surface area (Å²) in [6, 6.07) is -0.0911. The van der Waals surface area contributed by atoms with E-state index in [0.717, 1.165) is 6.26 Å². The number of carbonyl (C=O) groups is 1. The minimum atomic E-state index is -3.49. The van der Waals surface area contributed by atoms with Crippen molar-refractivity contribution in [3.8, 4) is 0 Å². The van der Waals surface area contributed by atoms with Crippen LogP contribution in [0.15, 0.2) is 0 Å². The highest BCUT2D eigenvalue weighted by Gasteiger charge is 2.36. The van der Waals surface area contributed by atoms with Crippen molar-refractivity contribution >= 4 is 16.2 Å². The van der Waals surface area contributed by atoms with Gasteiger partial charge in [0, 0.05) is 6.04 Å². The lowest BCUT2D eigenvalue weighted by Crippen LogP contribution is -2.39. The molecular weight excluding hydrogens is 258 g/mol. The second-order valence-electron chi connectivity index (χ2n) is 5.64. The molecule has 0 bridgehead atoms. The average Bonchev–Trinajstić information content (AvgIpc) is 2.39. The minimum Gasteiger partial charge on any atom is -0.444 e. The second-order valence-corrected chi connectivity index (χ2v) is 7.24. The summed E-state index contributed by atoms with van der Waals surface area (Å²) in [5.74, 6) is 0. The van der Waals surface area contributed by atoms with Gasteiger partial charge in [-0.15, -0.1) is 0 Å². The Labute approximate surface area is 108 Å². The molecule has 0 aromatic rings. The largest absolute Gasteiger partial charge is 0.444 e. The van der Waals surface area contributed by atoms with Crippen molar-refractivity contribution in [3.63, 3.8) is 0 Å². The van der Waals surface area contributed by atoms with Crippen LogP contribution >= 0.6 is 0 Å². The van der Waals surface area contributed by atoms with Gasteiger partial charge in [0.2, 0.25) is 0 Å². The van der Waals surface area contributed by atoms with Crippen molar-refractivity contribution in [2.24, 2.45) is 0 Å². The van der Waals surface area contributed by atoms with E-state index in [0.29, 0.717) is 6.42 Å². The van der Waals surface area contributed by atoms with Crippen molar-refractivity contribution in [1.29, 1.82) is 0 Å². The summed E-state index contributed by atoms with van der Waals surface area (Å²) < 4.78 is 32.2. The van der Waals surface area contributed by atoms with Gasteiger partial charge in [-0.1, -0.05) is 0 Å². The summed E-state index contributed by atoms with van der Waals surface area (Å²) in [6.45, 7) is 7.45. The lowest BCUT2D eigenvalue weighted by molar-refractivity contribution is 0.0224. The standard InChI is InChI=1S/C11H21NO5S/c1-8-6-9(17-18(5,14)15)7-12(8)10(13)16-11(2,3)4/h8-9H,6-7H2,1-5H3/t8-,9+/m1/s1. The molecule has 0 radical (unpaired) electrons. The maximum absolute atomic E-state index is 11.9. The SMILES string of the molecule is C[C@@H]1C[C@H](OS(C)(=O)=O)CN1C(=O)OC(C)(C)C. The third-order valence-electron chi connectivity index (χ3n) is 2.48. The van der Waals surface area contributed by atoms with Crippen molar-refractivity contribution in [2.45, 2.75) is 51.9 Å². The topological polar surface area (TPSA) is 72.9 Å². The summed E-state index contributed by atoms with van der Waals surface area (Å²) in [4.78, 5) is 13.4. The lowest BCUT2D eigenvalue weighted by atomic mass is 10.2. The van der Waals surface area contributed by atoms with E-state index >= 15 is 0 Å². The molecule has 0 aromatic heterocycles. The summed E-state index contributed by atoms with van der Waals surface area (Å²) in [6.07, 6.45) is 0.581. The van der Waals surface area contributed by atoms with Crippen LogP contribution in [-0.2, 0) is 19.0 Å². The number of amides is 1. The van der Waals surface area contributed by atoms with Crippen LogP contribution in [0, 0.1) is 0 Å². The van der Waals surface area contributed by atoms with Gasteiger partial charge >= 0.3 is 6.09 Å². The Morgan fingerprint density at radius 3 is 2.33 bits per heavy atom. The summed E-state index contributed by atoms with van der Waals surface area (Å²) in [5.41, 5.74) is -0.563. The number of rotatable bonds is 2. The monoisotopic (exact) mass is 279 g/mol. The molecule has 2 atom stereocenters. The number of hydrogen-bond donors (Lipinski definition) is 0. The van der Waals surface area contributed by atoms with Gasteiger partial charge in [-0.2, -0.15) is 8.42 Å². The molecular formula is C11H21NO5S. The fourth-order valence-corrected chi connectivity index (χ4v) is 2.51. The van der Waals surface area contributed by atoms with E-state index in [1.165, 1.54) is 4.90 Å². The maximum atomic E-state index is 11.9. The Kier molecular flexibility index (Phi) is 4.27. The molecule has 106 valence electrons. The first-order chi connectivity index (χ1) is 7.98. The van der Waals surface area contributed by atoms with Crippen molar-refractivity contribution in [2.75, 3.05) is 12.8 Å². The molecule has 0 spiro atoms. The molecule has 0 saturated carbocycles. The Hall–Kier alpha value is -0.820. The van der Waals surface area contributed by atoms with Crippen LogP contribution in [-0.4, -0.2) is 50.0 Å². The quantitative estimate of drug-likeness (QED) is 0.714. The van der Waals surface area contributed by atoms with Gasteiger partial charge in [-0.3, -0.25) is 4.18 Å². The van der Waals surface area contributed by atoms with E-state index in [4.69, 9.17) is 8.92 Å². The predicted molar refractivity (Wildman–Crippen MR) is 66.7 cm³/mol. The minimum absolute atomic E-state index is 0.0911. The number of hydrogen-bond acceptors (Lipinski definition) is 5. The zero-order chi connectivity index (χ0) is 14.1. The molecule has 1 aliphatic rings. The van der Waals surface area contributed by atoms with Gasteiger partial charge < -0.3 is 9.64 Å². The van der Waals surface area contributed by atoms with Gasteiger partial charge in [0.25, 0.3) is 10.1 Å². The highest BCUT2D eigenvalue weighted by Crippen LogP contribution is 2.23. The number of nitrogens with zero attached hydrogens (tertiary/aromatic N) is 1. The van der Waals surface area contributed by atoms with E-state index in [1.54, 1.807) is 20.8 Å². The molecule has 1 aliphatic heterocycles. The van der Waals surface area contributed by atoms with Gasteiger partial charge in [-0.05, 0) is 34.1 Å². The molecule has 18 heavy (non-hydrogen) atoms. The number of likely N-dealkylation sites (tertiary alicyclic amines) is 1. The van der Waals surface area contributed by atoms with E-state index in [-0.39, 0.29) is 12.6 Å². The molecule has 7 heteroatoms. The van der Waals surface area contributed by atoms with E-state index in [1.807, 2.05) is 6.92 Å². The smallest absolute Gasteiger partial charge is 0.410 e. The fraction of sp³-hybridized carbons (Fsp3) is 0.909. The fourth-order valence-electron chi connectivity index (χ4n) is 1.87. The Bertz CT molecular complexity index is 412. The molecule has 1 rings (SSSR count). The van der Waals surface area contributed by atoms with Crippen LogP contribution in [0.4, 0.5) is 4.79 Å². The van der Waals surface area contributed by atoms with Gasteiger partial charge in [0.1, 0.15) is 5.60 Å². The van der Waals surface area contributed by atoms with Gasteiger partial charge in [0.15, 0.2) is 0 Å². The molecule has 1 saturated heterocycles. The van der Waals surface area contributed by atoms with Crippen LogP contribution in [0.2, 0.25) is 0 Å². The van der Waals surface area contributed by atoms with Crippen LogP contribution in [0.1, 0.15) is 34.1 Å². The zero-order valence-electron chi connectivity index (χ0n) is 11.5. The lowest BCUT2D eigenvalue weighted by Gasteiger charge is -2.26. The molecule has 1 fully saturated rings. The summed E-state index contributed by atoms with van der Waals surface area (Å²) in [5, 5.41) is 0. The number of ether oxygens (including phenoxy) is 1. The Morgan fingerprint density at radius 1 is 1.33 bits per heavy atom. The highest BCUT2D eigenvalue weighted by atomic mass is 32.2. The van der Waals surface area contributed by atoms with Gasteiger partial charge in [0.05, 0.1) is 18.9 Å². The maximum Gasteiger partial charge on any atom is 0.410 e. The number of carbonyl (C=O) groups excluding carboxylic acids is 1. The van der Waals surface area contributed by atoms with Crippen LogP contribution < -0.4 is 0 Å². The molecule has 1 amide bonds. The van der Waals surface area contributed by atoms with Crippen LogP contribution in [0.3, 0.4) is 0 Å². The molecule has 0 aromatic carbocycles. The molecule has 0 N–H and O–H groups in total. The molecule has 0 unspecified atom stereocenters. The van der Waals surface area contributed by atoms with E-state index < -0.39 is 27.9 Å². The Morgan fingerprint density at radius 2 is 1.89 bits per heavy atom. The first-order valence-corrected chi connectivity index (χ1v) is 7.67. The third kappa shape index (κ3) is 4.81. The third-order valence-corrected chi connectivity index (χ3v) is 3.10. The van der Waals surface area contributed by atoms with Crippen molar-refractivity contribution < 1.29 is 22.1 Å². The van der Waals surface area contributed by atoms with E-state index in [9.17, 15) is 13.2 Å². The van der Waals surface area contributed by atoms with Crippen molar-refractivity contribution in [1.82, 2.24) is 4.90 Å². The first-order valence-electron chi connectivity index (χ1n) is 5.86. The van der Waals surface area contributed by atoms with E-state index in [2.05, 4.69) is 0 Å². The Balaban J connectivity index is 2.62. The average molecular weight is 279 g/mol. The second kappa shape index (κ2) is 5.05. The normalized spacial score (nSPS) is 25.3. The van der Waals surface area contributed by atoms with Crippen molar-refractivity contribution in [3.05, 3.63) is 0 Å². The summed E-state index contributed by atoms with van der Waals surface area (Å²) >= 11 is 0. The van der Waals surface area contributed by atoms with Crippen LogP contribution in [0.25, 0.3) is 0 Å². The molecule has 1 heterocycles. The zero-order valence-corrected chi connectivity index (χ0v) is 12.3. The van der Waals surface area contributed by atoms with Gasteiger partial charge in [-0.25, -0.2) is 4.79 Å².